The van der Waals surface area contributed by atoms with Crippen LogP contribution in [0, 0.1) is 0 Å². The van der Waals surface area contributed by atoms with Gasteiger partial charge in [-0.15, -0.1) is 0 Å². The van der Waals surface area contributed by atoms with Crippen LogP contribution >= 0.6 is 0 Å². The molecule has 2 rings (SSSR count). The Morgan fingerprint density at radius 3 is 2.74 bits per heavy atom. The van der Waals surface area contributed by atoms with Gasteiger partial charge in [-0.05, 0) is 25.1 Å². The Hall–Kier alpha value is -2.06. The smallest absolute Gasteiger partial charge is 0.241 e. The highest BCUT2D eigenvalue weighted by Gasteiger charge is 2.16. The molecule has 7 nitrogen and oxygen atoms in total. The van der Waals surface area contributed by atoms with E-state index in [4.69, 9.17) is 15.6 Å². The lowest BCUT2D eigenvalue weighted by Crippen LogP contribution is -2.13. The summed E-state index contributed by atoms with van der Waals surface area (Å²) in [6, 6.07) is 4.25. The highest BCUT2D eigenvalue weighted by molar-refractivity contribution is 7.89. The summed E-state index contributed by atoms with van der Waals surface area (Å²) < 4.78 is 30.1. The summed E-state index contributed by atoms with van der Waals surface area (Å²) in [6.45, 7) is 2.61. The summed E-state index contributed by atoms with van der Waals surface area (Å²) in [4.78, 5) is -0.156. The Morgan fingerprint density at radius 2 is 2.16 bits per heavy atom. The number of nitrogen functional groups attached to an aromatic ring is 1. The maximum absolute atomic E-state index is 11.5. The molecule has 0 bridgehead atoms. The largest absolute Gasteiger partial charge is 0.453 e. The highest BCUT2D eigenvalue weighted by Crippen LogP contribution is 2.29. The number of aryl methyl sites for hydroxylation is 1. The van der Waals surface area contributed by atoms with Gasteiger partial charge in [0.2, 0.25) is 10.0 Å². The van der Waals surface area contributed by atoms with Gasteiger partial charge in [0.25, 0.3) is 0 Å². The van der Waals surface area contributed by atoms with Gasteiger partial charge in [-0.1, -0.05) is 0 Å². The summed E-state index contributed by atoms with van der Waals surface area (Å²) in [7, 11) is -3.91. The molecule has 0 fully saturated rings. The molecule has 102 valence electrons. The van der Waals surface area contributed by atoms with E-state index in [0.29, 0.717) is 18.0 Å². The standard InChI is InChI=1S/C11H14N4O3S/c1-2-15-7-9(6-14-15)18-10-4-3-8(12)5-11(10)19(13,16)17/h3-7H,2,12H2,1H3,(H2,13,16,17). The third kappa shape index (κ3) is 3.04. The van der Waals surface area contributed by atoms with Crippen LogP contribution in [0.1, 0.15) is 6.92 Å². The van der Waals surface area contributed by atoms with Crippen molar-refractivity contribution in [3.05, 3.63) is 30.6 Å². The Kier molecular flexibility index (Phi) is 3.45. The maximum Gasteiger partial charge on any atom is 0.241 e. The van der Waals surface area contributed by atoms with E-state index in [-0.39, 0.29) is 10.6 Å². The van der Waals surface area contributed by atoms with Gasteiger partial charge >= 0.3 is 0 Å². The molecule has 0 atom stereocenters. The van der Waals surface area contributed by atoms with E-state index in [1.165, 1.54) is 24.4 Å². The van der Waals surface area contributed by atoms with E-state index < -0.39 is 10.0 Å². The number of benzene rings is 1. The minimum absolute atomic E-state index is 0.118. The van der Waals surface area contributed by atoms with E-state index in [1.54, 1.807) is 10.9 Å². The van der Waals surface area contributed by atoms with Crippen molar-refractivity contribution in [2.24, 2.45) is 5.14 Å². The molecular formula is C11H14N4O3S. The first-order valence-electron chi connectivity index (χ1n) is 5.53. The van der Waals surface area contributed by atoms with Gasteiger partial charge in [0.1, 0.15) is 10.6 Å². The first kappa shape index (κ1) is 13.4. The molecule has 1 aromatic heterocycles. The quantitative estimate of drug-likeness (QED) is 0.810. The van der Waals surface area contributed by atoms with Crippen molar-refractivity contribution in [1.82, 2.24) is 9.78 Å². The number of ether oxygens (including phenoxy) is 1. The lowest BCUT2D eigenvalue weighted by molar-refractivity contribution is 0.466. The van der Waals surface area contributed by atoms with Crippen LogP contribution < -0.4 is 15.6 Å². The molecule has 2 aromatic rings. The van der Waals surface area contributed by atoms with Crippen LogP contribution in [-0.4, -0.2) is 18.2 Å². The molecule has 0 radical (unpaired) electrons. The van der Waals surface area contributed by atoms with Gasteiger partial charge < -0.3 is 10.5 Å². The van der Waals surface area contributed by atoms with Crippen LogP contribution in [0.3, 0.4) is 0 Å². The van der Waals surface area contributed by atoms with Crippen molar-refractivity contribution < 1.29 is 13.2 Å². The molecule has 0 aliphatic heterocycles. The Labute approximate surface area is 110 Å². The predicted molar refractivity (Wildman–Crippen MR) is 70.2 cm³/mol. The zero-order valence-corrected chi connectivity index (χ0v) is 11.1. The molecule has 0 amide bonds. The number of sulfonamides is 1. The number of nitrogens with two attached hydrogens (primary N) is 2. The van der Waals surface area contributed by atoms with Crippen molar-refractivity contribution >= 4 is 15.7 Å². The number of anilines is 1. The second-order valence-corrected chi connectivity index (χ2v) is 5.41. The first-order valence-corrected chi connectivity index (χ1v) is 7.07. The van der Waals surface area contributed by atoms with Gasteiger partial charge in [-0.2, -0.15) is 5.10 Å². The minimum atomic E-state index is -3.91. The third-order valence-corrected chi connectivity index (χ3v) is 3.37. The molecule has 4 N–H and O–H groups in total. The molecular weight excluding hydrogens is 268 g/mol. The van der Waals surface area contributed by atoms with E-state index in [9.17, 15) is 8.42 Å². The Morgan fingerprint density at radius 1 is 1.42 bits per heavy atom. The SMILES string of the molecule is CCn1cc(Oc2ccc(N)cc2S(N)(=O)=O)cn1. The number of aromatic nitrogens is 2. The van der Waals surface area contributed by atoms with Gasteiger partial charge in [0.15, 0.2) is 5.75 Å². The van der Waals surface area contributed by atoms with E-state index in [2.05, 4.69) is 5.10 Å². The average molecular weight is 282 g/mol. The molecule has 0 saturated carbocycles. The number of rotatable bonds is 4. The number of nitrogens with zero attached hydrogens (tertiary/aromatic N) is 2. The number of hydrogen-bond donors (Lipinski definition) is 2. The molecule has 0 aliphatic rings. The van der Waals surface area contributed by atoms with Crippen LogP contribution in [-0.2, 0) is 16.6 Å². The van der Waals surface area contributed by atoms with Crippen molar-refractivity contribution in [2.45, 2.75) is 18.4 Å². The van der Waals surface area contributed by atoms with Crippen LogP contribution in [0.25, 0.3) is 0 Å². The number of primary sulfonamides is 1. The fourth-order valence-corrected chi connectivity index (χ4v) is 2.22. The molecule has 0 saturated heterocycles. The fourth-order valence-electron chi connectivity index (χ4n) is 1.53. The second kappa shape index (κ2) is 4.90. The van der Waals surface area contributed by atoms with E-state index in [0.717, 1.165) is 0 Å². The molecule has 0 spiro atoms. The van der Waals surface area contributed by atoms with E-state index >= 15 is 0 Å². The van der Waals surface area contributed by atoms with Gasteiger partial charge in [-0.25, -0.2) is 13.6 Å². The summed E-state index contributed by atoms with van der Waals surface area (Å²) in [6.07, 6.45) is 3.15. The second-order valence-electron chi connectivity index (χ2n) is 3.88. The van der Waals surface area contributed by atoms with Crippen LogP contribution in [0.5, 0.6) is 11.5 Å². The van der Waals surface area contributed by atoms with Crippen LogP contribution in [0.4, 0.5) is 5.69 Å². The van der Waals surface area contributed by atoms with Crippen molar-refractivity contribution in [3.8, 4) is 11.5 Å². The zero-order valence-electron chi connectivity index (χ0n) is 10.3. The fraction of sp³-hybridized carbons (Fsp3) is 0.182. The molecule has 1 aromatic carbocycles. The Balaban J connectivity index is 2.40. The average Bonchev–Trinajstić information content (AvgIpc) is 2.78. The summed E-state index contributed by atoms with van der Waals surface area (Å²) in [5, 5.41) is 9.15. The van der Waals surface area contributed by atoms with E-state index in [1.807, 2.05) is 6.92 Å². The summed E-state index contributed by atoms with van der Waals surface area (Å²) in [5.74, 6) is 0.545. The first-order chi connectivity index (χ1) is 8.90. The zero-order chi connectivity index (χ0) is 14.0. The van der Waals surface area contributed by atoms with Gasteiger partial charge in [0, 0.05) is 12.2 Å². The van der Waals surface area contributed by atoms with Crippen LogP contribution in [0.15, 0.2) is 35.5 Å². The molecule has 1 heterocycles. The molecule has 0 aliphatic carbocycles. The molecule has 0 unspecified atom stereocenters. The molecule has 8 heteroatoms. The number of hydrogen-bond acceptors (Lipinski definition) is 5. The molecule has 19 heavy (non-hydrogen) atoms. The van der Waals surface area contributed by atoms with Crippen molar-refractivity contribution in [2.75, 3.05) is 5.73 Å². The van der Waals surface area contributed by atoms with Crippen LogP contribution in [0.2, 0.25) is 0 Å². The van der Waals surface area contributed by atoms with Crippen molar-refractivity contribution in [3.63, 3.8) is 0 Å². The normalized spacial score (nSPS) is 11.5. The third-order valence-electron chi connectivity index (χ3n) is 2.44. The maximum atomic E-state index is 11.5. The highest BCUT2D eigenvalue weighted by atomic mass is 32.2. The minimum Gasteiger partial charge on any atom is -0.453 e. The monoisotopic (exact) mass is 282 g/mol. The lowest BCUT2D eigenvalue weighted by Gasteiger charge is -2.08. The lowest BCUT2D eigenvalue weighted by atomic mass is 10.3. The predicted octanol–water partition coefficient (Wildman–Crippen LogP) is 0.925. The summed E-state index contributed by atoms with van der Waals surface area (Å²) in [5.41, 5.74) is 5.84. The topological polar surface area (TPSA) is 113 Å². The Bertz CT molecular complexity index is 694. The van der Waals surface area contributed by atoms with Gasteiger partial charge in [-0.3, -0.25) is 4.68 Å². The summed E-state index contributed by atoms with van der Waals surface area (Å²) >= 11 is 0. The van der Waals surface area contributed by atoms with Crippen molar-refractivity contribution in [1.29, 1.82) is 0 Å². The van der Waals surface area contributed by atoms with Gasteiger partial charge in [0.05, 0.1) is 12.4 Å².